The molecule has 0 amide bonds. The molecule has 3 rings (SSSR count). The summed E-state index contributed by atoms with van der Waals surface area (Å²) >= 11 is 6.22. The number of nitrogens with zero attached hydrogens (tertiary/aromatic N) is 2. The minimum Gasteiger partial charge on any atom is -0.497 e. The van der Waals surface area contributed by atoms with E-state index in [1.807, 2.05) is 25.1 Å². The zero-order valence-corrected chi connectivity index (χ0v) is 17.8. The molecule has 0 aliphatic heterocycles. The van der Waals surface area contributed by atoms with E-state index in [-0.39, 0.29) is 5.97 Å². The molecular weight excluding hydrogens is 408 g/mol. The first kappa shape index (κ1) is 21.5. The summed E-state index contributed by atoms with van der Waals surface area (Å²) in [5.41, 5.74) is 2.08. The van der Waals surface area contributed by atoms with Gasteiger partial charge in [-0.1, -0.05) is 23.7 Å². The number of carbonyl (C=O) groups excluding carboxylic acids is 1. The maximum atomic E-state index is 11.6. The lowest BCUT2D eigenvalue weighted by molar-refractivity contribution is 0.0600. The van der Waals surface area contributed by atoms with Crippen LogP contribution in [0.3, 0.4) is 0 Å². The fourth-order valence-electron chi connectivity index (χ4n) is 2.83. The van der Waals surface area contributed by atoms with Crippen LogP contribution in [0.5, 0.6) is 17.4 Å². The molecule has 0 aliphatic carbocycles. The molecule has 0 N–H and O–H groups in total. The lowest BCUT2D eigenvalue weighted by atomic mass is 10.1. The van der Waals surface area contributed by atoms with Gasteiger partial charge in [-0.2, -0.15) is 5.10 Å². The summed E-state index contributed by atoms with van der Waals surface area (Å²) in [4.78, 5) is 11.6. The largest absolute Gasteiger partial charge is 0.497 e. The molecule has 0 saturated carbocycles. The van der Waals surface area contributed by atoms with Crippen LogP contribution in [-0.2, 0) is 11.3 Å². The van der Waals surface area contributed by atoms with E-state index in [4.69, 9.17) is 30.5 Å². The van der Waals surface area contributed by atoms with E-state index in [9.17, 15) is 4.79 Å². The summed E-state index contributed by atoms with van der Waals surface area (Å²) in [6, 6.07) is 14.2. The second-order valence-electron chi connectivity index (χ2n) is 6.24. The van der Waals surface area contributed by atoms with Crippen molar-refractivity contribution in [2.75, 3.05) is 27.4 Å². The number of benzene rings is 2. The summed E-state index contributed by atoms with van der Waals surface area (Å²) in [5.74, 6) is 1.49. The number of hydrogen-bond acceptors (Lipinski definition) is 6. The molecule has 0 fully saturated rings. The highest BCUT2D eigenvalue weighted by atomic mass is 35.5. The van der Waals surface area contributed by atoms with Crippen molar-refractivity contribution < 1.29 is 23.7 Å². The van der Waals surface area contributed by atoms with Gasteiger partial charge in [-0.05, 0) is 31.2 Å². The Bertz CT molecular complexity index is 1000. The molecule has 0 bridgehead atoms. The van der Waals surface area contributed by atoms with Crippen molar-refractivity contribution in [3.05, 3.63) is 59.1 Å². The minimum absolute atomic E-state index is 0.356. The van der Waals surface area contributed by atoms with E-state index in [1.165, 1.54) is 7.11 Å². The second kappa shape index (κ2) is 10.0. The summed E-state index contributed by atoms with van der Waals surface area (Å²) in [7, 11) is 2.94. The van der Waals surface area contributed by atoms with Gasteiger partial charge in [-0.25, -0.2) is 9.48 Å². The number of aromatic nitrogens is 2. The van der Waals surface area contributed by atoms with Crippen LogP contribution in [-0.4, -0.2) is 43.2 Å². The van der Waals surface area contributed by atoms with Gasteiger partial charge in [0.15, 0.2) is 0 Å². The van der Waals surface area contributed by atoms with Gasteiger partial charge in [0, 0.05) is 17.7 Å². The Morgan fingerprint density at radius 1 is 1.07 bits per heavy atom. The molecule has 1 heterocycles. The summed E-state index contributed by atoms with van der Waals surface area (Å²) < 4.78 is 23.1. The van der Waals surface area contributed by atoms with Crippen LogP contribution in [0, 0.1) is 0 Å². The average Bonchev–Trinajstić information content (AvgIpc) is 3.17. The smallest absolute Gasteiger partial charge is 0.337 e. The highest BCUT2D eigenvalue weighted by Gasteiger charge is 2.13. The second-order valence-corrected chi connectivity index (χ2v) is 6.64. The van der Waals surface area contributed by atoms with E-state index in [0.29, 0.717) is 47.7 Å². The Balaban J connectivity index is 1.72. The van der Waals surface area contributed by atoms with Crippen LogP contribution < -0.4 is 14.2 Å². The van der Waals surface area contributed by atoms with Gasteiger partial charge in [0.25, 0.3) is 0 Å². The van der Waals surface area contributed by atoms with E-state index in [1.54, 1.807) is 42.1 Å². The van der Waals surface area contributed by atoms with E-state index in [0.717, 1.165) is 11.3 Å². The standard InChI is InChI=1S/C22H23ClN2O5/c1-4-29-21-14-19(15-5-7-16(8-6-15)22(26)28-3)24-25(21)11-12-30-20-10-9-17(27-2)13-18(20)23/h5-10,13-14H,4,11-12H2,1-3H3. The quantitative estimate of drug-likeness (QED) is 0.466. The lowest BCUT2D eigenvalue weighted by Gasteiger charge is -2.11. The summed E-state index contributed by atoms with van der Waals surface area (Å²) in [6.45, 7) is 3.25. The van der Waals surface area contributed by atoms with Gasteiger partial charge < -0.3 is 18.9 Å². The monoisotopic (exact) mass is 430 g/mol. The molecule has 0 unspecified atom stereocenters. The molecule has 1 aromatic heterocycles. The Labute approximate surface area is 180 Å². The third-order valence-electron chi connectivity index (χ3n) is 4.34. The molecule has 2 aromatic carbocycles. The van der Waals surface area contributed by atoms with Crippen molar-refractivity contribution >= 4 is 17.6 Å². The zero-order valence-electron chi connectivity index (χ0n) is 17.1. The van der Waals surface area contributed by atoms with Crippen molar-refractivity contribution in [3.63, 3.8) is 0 Å². The molecule has 8 heteroatoms. The van der Waals surface area contributed by atoms with E-state index in [2.05, 4.69) is 5.10 Å². The zero-order chi connectivity index (χ0) is 21.5. The highest BCUT2D eigenvalue weighted by molar-refractivity contribution is 6.32. The van der Waals surface area contributed by atoms with Gasteiger partial charge in [-0.15, -0.1) is 0 Å². The Morgan fingerprint density at radius 2 is 1.83 bits per heavy atom. The fraction of sp³-hybridized carbons (Fsp3) is 0.273. The molecule has 158 valence electrons. The van der Waals surface area contributed by atoms with Crippen LogP contribution in [0.1, 0.15) is 17.3 Å². The molecule has 0 radical (unpaired) electrons. The van der Waals surface area contributed by atoms with Crippen molar-refractivity contribution in [2.45, 2.75) is 13.5 Å². The van der Waals surface area contributed by atoms with Crippen LogP contribution in [0.25, 0.3) is 11.3 Å². The maximum absolute atomic E-state index is 11.6. The number of halogens is 1. The molecule has 3 aromatic rings. The van der Waals surface area contributed by atoms with Gasteiger partial charge in [0.1, 0.15) is 18.1 Å². The molecule has 0 saturated heterocycles. The first-order chi connectivity index (χ1) is 14.5. The van der Waals surface area contributed by atoms with Crippen LogP contribution >= 0.6 is 11.6 Å². The third-order valence-corrected chi connectivity index (χ3v) is 4.63. The average molecular weight is 431 g/mol. The molecule has 0 atom stereocenters. The number of carbonyl (C=O) groups is 1. The predicted octanol–water partition coefficient (Wildman–Crippen LogP) is 4.48. The third kappa shape index (κ3) is 5.04. The Kier molecular flexibility index (Phi) is 7.19. The molecule has 7 nitrogen and oxygen atoms in total. The maximum Gasteiger partial charge on any atom is 0.337 e. The van der Waals surface area contributed by atoms with Crippen molar-refractivity contribution in [3.8, 4) is 28.6 Å². The van der Waals surface area contributed by atoms with Gasteiger partial charge in [0.05, 0.1) is 43.7 Å². The first-order valence-corrected chi connectivity index (χ1v) is 9.79. The minimum atomic E-state index is -0.378. The number of ether oxygens (including phenoxy) is 4. The van der Waals surface area contributed by atoms with Crippen molar-refractivity contribution in [1.29, 1.82) is 0 Å². The van der Waals surface area contributed by atoms with Crippen molar-refractivity contribution in [2.24, 2.45) is 0 Å². The van der Waals surface area contributed by atoms with Crippen molar-refractivity contribution in [1.82, 2.24) is 9.78 Å². The van der Waals surface area contributed by atoms with Crippen LogP contribution in [0.2, 0.25) is 5.02 Å². The summed E-state index contributed by atoms with van der Waals surface area (Å²) in [6.07, 6.45) is 0. The lowest BCUT2D eigenvalue weighted by Crippen LogP contribution is -2.11. The molecule has 0 spiro atoms. The molecular formula is C22H23ClN2O5. The topological polar surface area (TPSA) is 71.8 Å². The van der Waals surface area contributed by atoms with Gasteiger partial charge in [0.2, 0.25) is 5.88 Å². The van der Waals surface area contributed by atoms with Gasteiger partial charge >= 0.3 is 5.97 Å². The number of rotatable bonds is 9. The van der Waals surface area contributed by atoms with Crippen LogP contribution in [0.15, 0.2) is 48.5 Å². The SMILES string of the molecule is CCOc1cc(-c2ccc(C(=O)OC)cc2)nn1CCOc1ccc(OC)cc1Cl. The normalized spacial score (nSPS) is 10.5. The molecule has 30 heavy (non-hydrogen) atoms. The number of methoxy groups -OCH3 is 2. The molecule has 0 aliphatic rings. The number of hydrogen-bond donors (Lipinski definition) is 0. The fourth-order valence-corrected chi connectivity index (χ4v) is 3.05. The van der Waals surface area contributed by atoms with Crippen LogP contribution in [0.4, 0.5) is 0 Å². The predicted molar refractivity (Wildman–Crippen MR) is 114 cm³/mol. The summed E-state index contributed by atoms with van der Waals surface area (Å²) in [5, 5.41) is 5.10. The van der Waals surface area contributed by atoms with E-state index >= 15 is 0 Å². The Hall–Kier alpha value is -3.19. The first-order valence-electron chi connectivity index (χ1n) is 9.41. The highest BCUT2D eigenvalue weighted by Crippen LogP contribution is 2.29. The van der Waals surface area contributed by atoms with Gasteiger partial charge in [-0.3, -0.25) is 0 Å². The number of esters is 1. The Morgan fingerprint density at radius 3 is 2.47 bits per heavy atom. The van der Waals surface area contributed by atoms with E-state index < -0.39 is 0 Å².